The van der Waals surface area contributed by atoms with Gasteiger partial charge in [0.1, 0.15) is 0 Å². The minimum Gasteiger partial charge on any atom is -0.469 e. The van der Waals surface area contributed by atoms with Crippen molar-refractivity contribution < 1.29 is 14.3 Å². The van der Waals surface area contributed by atoms with Crippen LogP contribution in [0.5, 0.6) is 0 Å². The molecule has 0 saturated carbocycles. The van der Waals surface area contributed by atoms with Gasteiger partial charge in [-0.3, -0.25) is 9.69 Å². The van der Waals surface area contributed by atoms with Crippen LogP contribution in [0.1, 0.15) is 27.2 Å². The van der Waals surface area contributed by atoms with E-state index in [1.807, 2.05) is 6.92 Å². The summed E-state index contributed by atoms with van der Waals surface area (Å²) < 4.78 is 10.3. The van der Waals surface area contributed by atoms with Gasteiger partial charge in [-0.15, -0.1) is 0 Å². The molecule has 1 aliphatic rings. The Bertz CT molecular complexity index is 232. The summed E-state index contributed by atoms with van der Waals surface area (Å²) in [5, 5.41) is 0. The summed E-state index contributed by atoms with van der Waals surface area (Å²) in [4.78, 5) is 13.9. The van der Waals surface area contributed by atoms with Crippen molar-refractivity contribution in [3.8, 4) is 0 Å². The number of carbonyl (C=O) groups excluding carboxylic acids is 1. The van der Waals surface area contributed by atoms with Crippen LogP contribution < -0.4 is 0 Å². The number of rotatable bonds is 4. The van der Waals surface area contributed by atoms with Gasteiger partial charge in [-0.1, -0.05) is 13.8 Å². The highest BCUT2D eigenvalue weighted by atomic mass is 16.5. The van der Waals surface area contributed by atoms with Crippen molar-refractivity contribution in [2.24, 2.45) is 5.92 Å². The highest BCUT2D eigenvalue weighted by Crippen LogP contribution is 2.19. The van der Waals surface area contributed by atoms with Gasteiger partial charge >= 0.3 is 5.97 Å². The maximum Gasteiger partial charge on any atom is 0.309 e. The number of carbonyl (C=O) groups is 1. The molecule has 0 N–H and O–H groups in total. The number of hydrogen-bond donors (Lipinski definition) is 0. The van der Waals surface area contributed by atoms with Gasteiger partial charge < -0.3 is 9.47 Å². The second-order valence-corrected chi connectivity index (χ2v) is 4.43. The first-order chi connectivity index (χ1) is 7.61. The molecule has 0 aromatic rings. The van der Waals surface area contributed by atoms with E-state index in [2.05, 4.69) is 18.7 Å². The first-order valence-corrected chi connectivity index (χ1v) is 6.03. The first-order valence-electron chi connectivity index (χ1n) is 6.03. The van der Waals surface area contributed by atoms with Gasteiger partial charge in [0.2, 0.25) is 0 Å². The Kier molecular flexibility index (Phi) is 5.22. The molecule has 1 heterocycles. The zero-order valence-electron chi connectivity index (χ0n) is 10.7. The molecule has 3 atom stereocenters. The summed E-state index contributed by atoms with van der Waals surface area (Å²) in [5.41, 5.74) is 0. The number of nitrogens with zero attached hydrogens (tertiary/aromatic N) is 1. The Morgan fingerprint density at radius 3 is 2.81 bits per heavy atom. The van der Waals surface area contributed by atoms with Gasteiger partial charge in [0.15, 0.2) is 0 Å². The molecule has 0 aromatic carbocycles. The third-order valence-corrected chi connectivity index (χ3v) is 3.56. The van der Waals surface area contributed by atoms with Gasteiger partial charge in [0.05, 0.1) is 26.2 Å². The van der Waals surface area contributed by atoms with Crippen LogP contribution in [0.2, 0.25) is 0 Å². The lowest BCUT2D eigenvalue weighted by molar-refractivity contribution is -0.148. The number of ether oxygens (including phenoxy) is 2. The van der Waals surface area contributed by atoms with Crippen LogP contribution in [0, 0.1) is 5.92 Å². The Labute approximate surface area is 97.9 Å². The molecule has 0 aromatic heterocycles. The van der Waals surface area contributed by atoms with E-state index < -0.39 is 0 Å². The lowest BCUT2D eigenvalue weighted by Gasteiger charge is -2.40. The van der Waals surface area contributed by atoms with Crippen LogP contribution in [0.25, 0.3) is 0 Å². The van der Waals surface area contributed by atoms with E-state index in [1.165, 1.54) is 7.11 Å². The van der Waals surface area contributed by atoms with Gasteiger partial charge in [-0.2, -0.15) is 0 Å². The van der Waals surface area contributed by atoms with Crippen LogP contribution in [-0.2, 0) is 14.3 Å². The molecule has 0 radical (unpaired) electrons. The van der Waals surface area contributed by atoms with E-state index in [1.54, 1.807) is 0 Å². The molecule has 0 aliphatic carbocycles. The first kappa shape index (κ1) is 13.5. The van der Waals surface area contributed by atoms with Crippen LogP contribution in [-0.4, -0.2) is 49.8 Å². The summed E-state index contributed by atoms with van der Waals surface area (Å²) in [6.07, 6.45) is 1.05. The summed E-state index contributed by atoms with van der Waals surface area (Å²) in [5.74, 6) is -0.217. The average molecular weight is 229 g/mol. The molecular weight excluding hydrogens is 206 g/mol. The molecule has 16 heavy (non-hydrogen) atoms. The zero-order chi connectivity index (χ0) is 12.1. The van der Waals surface area contributed by atoms with Gasteiger partial charge in [0, 0.05) is 18.6 Å². The van der Waals surface area contributed by atoms with E-state index in [0.717, 1.165) is 26.2 Å². The molecule has 0 amide bonds. The zero-order valence-corrected chi connectivity index (χ0v) is 10.7. The smallest absolute Gasteiger partial charge is 0.309 e. The Hall–Kier alpha value is -0.610. The Balaban J connectivity index is 2.62. The largest absolute Gasteiger partial charge is 0.469 e. The molecule has 3 unspecified atom stereocenters. The lowest BCUT2D eigenvalue weighted by Crippen LogP contribution is -2.52. The number of morpholine rings is 1. The predicted octanol–water partition coefficient (Wildman–Crippen LogP) is 1.29. The second kappa shape index (κ2) is 6.21. The Morgan fingerprint density at radius 1 is 1.56 bits per heavy atom. The monoisotopic (exact) mass is 229 g/mol. The van der Waals surface area contributed by atoms with Gasteiger partial charge in [-0.25, -0.2) is 0 Å². The molecule has 1 saturated heterocycles. The van der Waals surface area contributed by atoms with Crippen molar-refractivity contribution in [2.45, 2.75) is 39.3 Å². The standard InChI is InChI=1S/C12H23NO3/c1-5-11-8-16-7-6-13(11)10(3)9(2)12(14)15-4/h9-11H,5-8H2,1-4H3. The van der Waals surface area contributed by atoms with Crippen molar-refractivity contribution in [3.63, 3.8) is 0 Å². The minimum absolute atomic E-state index is 0.0860. The molecule has 1 aliphatic heterocycles. The van der Waals surface area contributed by atoms with Crippen LogP contribution in [0.15, 0.2) is 0 Å². The summed E-state index contributed by atoms with van der Waals surface area (Å²) >= 11 is 0. The third-order valence-electron chi connectivity index (χ3n) is 3.56. The van der Waals surface area contributed by atoms with Gasteiger partial charge in [0.25, 0.3) is 0 Å². The molecule has 4 heteroatoms. The van der Waals surface area contributed by atoms with E-state index in [9.17, 15) is 4.79 Å². The van der Waals surface area contributed by atoms with E-state index >= 15 is 0 Å². The maximum atomic E-state index is 11.5. The van der Waals surface area contributed by atoms with Crippen molar-refractivity contribution >= 4 is 5.97 Å². The molecule has 0 spiro atoms. The number of hydrogen-bond acceptors (Lipinski definition) is 4. The van der Waals surface area contributed by atoms with Crippen LogP contribution in [0.3, 0.4) is 0 Å². The van der Waals surface area contributed by atoms with Crippen molar-refractivity contribution in [1.29, 1.82) is 0 Å². The fraction of sp³-hybridized carbons (Fsp3) is 0.917. The predicted molar refractivity (Wildman–Crippen MR) is 62.2 cm³/mol. The van der Waals surface area contributed by atoms with Gasteiger partial charge in [-0.05, 0) is 13.3 Å². The lowest BCUT2D eigenvalue weighted by atomic mass is 9.99. The summed E-state index contributed by atoms with van der Waals surface area (Å²) in [6.45, 7) is 8.61. The number of methoxy groups -OCH3 is 1. The Morgan fingerprint density at radius 2 is 2.25 bits per heavy atom. The summed E-state index contributed by atoms with van der Waals surface area (Å²) in [7, 11) is 1.45. The normalized spacial score (nSPS) is 26.1. The SMILES string of the molecule is CCC1COCCN1C(C)C(C)C(=O)OC. The quantitative estimate of drug-likeness (QED) is 0.681. The highest BCUT2D eigenvalue weighted by Gasteiger charge is 2.32. The average Bonchev–Trinajstić information content (AvgIpc) is 2.35. The van der Waals surface area contributed by atoms with Crippen molar-refractivity contribution in [2.75, 3.05) is 26.9 Å². The van der Waals surface area contributed by atoms with E-state index in [-0.39, 0.29) is 17.9 Å². The molecule has 0 bridgehead atoms. The fourth-order valence-electron chi connectivity index (χ4n) is 2.23. The van der Waals surface area contributed by atoms with Crippen LogP contribution in [0.4, 0.5) is 0 Å². The molecular formula is C12H23NO3. The van der Waals surface area contributed by atoms with Crippen molar-refractivity contribution in [1.82, 2.24) is 4.90 Å². The number of esters is 1. The third kappa shape index (κ3) is 2.95. The van der Waals surface area contributed by atoms with Crippen LogP contribution >= 0.6 is 0 Å². The summed E-state index contributed by atoms with van der Waals surface area (Å²) in [6, 6.07) is 0.636. The molecule has 4 nitrogen and oxygen atoms in total. The van der Waals surface area contributed by atoms with E-state index in [0.29, 0.717) is 6.04 Å². The second-order valence-electron chi connectivity index (χ2n) is 4.43. The maximum absolute atomic E-state index is 11.5. The topological polar surface area (TPSA) is 38.8 Å². The minimum atomic E-state index is -0.131. The highest BCUT2D eigenvalue weighted by molar-refractivity contribution is 5.72. The van der Waals surface area contributed by atoms with Crippen molar-refractivity contribution in [3.05, 3.63) is 0 Å². The molecule has 94 valence electrons. The molecule has 1 rings (SSSR count). The fourth-order valence-corrected chi connectivity index (χ4v) is 2.23. The van der Waals surface area contributed by atoms with E-state index in [4.69, 9.17) is 9.47 Å². The molecule has 1 fully saturated rings.